The molecule has 1 aliphatic rings. The van der Waals surface area contributed by atoms with Gasteiger partial charge in [0.2, 0.25) is 0 Å². The van der Waals surface area contributed by atoms with Gasteiger partial charge in [-0.3, -0.25) is 14.5 Å². The second-order valence-corrected chi connectivity index (χ2v) is 8.08. The minimum atomic E-state index is -0.287. The summed E-state index contributed by atoms with van der Waals surface area (Å²) in [7, 11) is 0. The third kappa shape index (κ3) is 4.37. The number of nitrogens with zero attached hydrogens (tertiary/aromatic N) is 1. The molecular weight excluding hydrogens is 380 g/mol. The molecule has 0 bridgehead atoms. The van der Waals surface area contributed by atoms with Crippen LogP contribution in [0.4, 0.5) is 10.5 Å². The van der Waals surface area contributed by atoms with Gasteiger partial charge >= 0.3 is 0 Å². The van der Waals surface area contributed by atoms with Crippen molar-refractivity contribution >= 4 is 46.3 Å². The molecule has 3 rings (SSSR count). The van der Waals surface area contributed by atoms with Crippen molar-refractivity contribution in [1.82, 2.24) is 4.90 Å². The van der Waals surface area contributed by atoms with Crippen molar-refractivity contribution in [1.29, 1.82) is 0 Å². The highest BCUT2D eigenvalue weighted by Crippen LogP contribution is 2.32. The van der Waals surface area contributed by atoms with Gasteiger partial charge in [0.1, 0.15) is 0 Å². The van der Waals surface area contributed by atoms with E-state index in [1.165, 1.54) is 10.5 Å². The predicted molar refractivity (Wildman–Crippen MR) is 113 cm³/mol. The van der Waals surface area contributed by atoms with Gasteiger partial charge in [0, 0.05) is 10.7 Å². The third-order valence-corrected chi connectivity index (χ3v) is 5.79. The van der Waals surface area contributed by atoms with Crippen LogP contribution in [0.3, 0.4) is 0 Å². The average Bonchev–Trinajstić information content (AvgIpc) is 2.90. The van der Waals surface area contributed by atoms with E-state index in [0.29, 0.717) is 15.8 Å². The van der Waals surface area contributed by atoms with Crippen LogP contribution in [0.25, 0.3) is 6.08 Å². The summed E-state index contributed by atoms with van der Waals surface area (Å²) in [5.74, 6) is 0.164. The number of halogens is 1. The zero-order valence-electron chi connectivity index (χ0n) is 15.5. The first-order valence-electron chi connectivity index (χ1n) is 8.71. The van der Waals surface area contributed by atoms with Gasteiger partial charge in [0.25, 0.3) is 11.1 Å². The van der Waals surface area contributed by atoms with Crippen molar-refractivity contribution in [3.63, 3.8) is 0 Å². The molecule has 0 aliphatic carbocycles. The summed E-state index contributed by atoms with van der Waals surface area (Å²) in [6.07, 6.45) is 1.76. The monoisotopic (exact) mass is 400 g/mol. The van der Waals surface area contributed by atoms with Crippen LogP contribution in [-0.4, -0.2) is 22.7 Å². The zero-order valence-corrected chi connectivity index (χ0v) is 17.0. The van der Waals surface area contributed by atoms with Crippen LogP contribution >= 0.6 is 23.4 Å². The molecule has 1 heterocycles. The Balaban J connectivity index is 1.71. The fourth-order valence-electron chi connectivity index (χ4n) is 2.73. The molecule has 1 saturated heterocycles. The summed E-state index contributed by atoms with van der Waals surface area (Å²) >= 11 is 7.07. The number of carbonyl (C=O) groups is 2. The molecule has 140 valence electrons. The van der Waals surface area contributed by atoms with E-state index in [4.69, 9.17) is 11.6 Å². The van der Waals surface area contributed by atoms with Crippen LogP contribution in [0.5, 0.6) is 0 Å². The highest BCUT2D eigenvalue weighted by Gasteiger charge is 2.34. The van der Waals surface area contributed by atoms with Crippen molar-refractivity contribution in [2.75, 3.05) is 12.0 Å². The Kier molecular flexibility index (Phi) is 5.92. The maximum Gasteiger partial charge on any atom is 0.295 e. The number of thioether (sulfide) groups is 1. The Morgan fingerprint density at radius 3 is 2.52 bits per heavy atom. The topological polar surface area (TPSA) is 49.4 Å². The number of hydrogen-bond donors (Lipinski definition) is 1. The lowest BCUT2D eigenvalue weighted by Gasteiger charge is -2.16. The van der Waals surface area contributed by atoms with Gasteiger partial charge in [-0.1, -0.05) is 55.8 Å². The number of hydrogen-bond acceptors (Lipinski definition) is 4. The highest BCUT2D eigenvalue weighted by atomic mass is 35.5. The van der Waals surface area contributed by atoms with Crippen molar-refractivity contribution in [2.45, 2.75) is 26.7 Å². The van der Waals surface area contributed by atoms with Crippen molar-refractivity contribution in [2.24, 2.45) is 0 Å². The summed E-state index contributed by atoms with van der Waals surface area (Å²) in [6.45, 7) is 6.26. The zero-order chi connectivity index (χ0) is 19.6. The summed E-state index contributed by atoms with van der Waals surface area (Å²) < 4.78 is 0. The lowest BCUT2D eigenvalue weighted by Crippen LogP contribution is -2.33. The number of carbonyl (C=O) groups excluding carboxylic acids is 2. The summed E-state index contributed by atoms with van der Waals surface area (Å²) in [6, 6.07) is 13.5. The largest absolute Gasteiger partial charge is 0.367 e. The van der Waals surface area contributed by atoms with Crippen LogP contribution in [0.2, 0.25) is 5.02 Å². The van der Waals surface area contributed by atoms with Crippen LogP contribution < -0.4 is 5.32 Å². The Morgan fingerprint density at radius 1 is 1.15 bits per heavy atom. The molecule has 0 atom stereocenters. The second-order valence-electron chi connectivity index (χ2n) is 6.68. The van der Waals surface area contributed by atoms with Crippen LogP contribution in [0, 0.1) is 6.92 Å². The quantitative estimate of drug-likeness (QED) is 0.637. The summed E-state index contributed by atoms with van der Waals surface area (Å²) in [5.41, 5.74) is 3.83. The number of anilines is 1. The lowest BCUT2D eigenvalue weighted by molar-refractivity contribution is -0.122. The molecule has 1 fully saturated rings. The molecule has 1 N–H and O–H groups in total. The first-order chi connectivity index (χ1) is 12.9. The Morgan fingerprint density at radius 2 is 1.85 bits per heavy atom. The molecule has 1 aliphatic heterocycles. The van der Waals surface area contributed by atoms with Crippen LogP contribution in [0.15, 0.2) is 47.4 Å². The maximum absolute atomic E-state index is 12.6. The van der Waals surface area contributed by atoms with Gasteiger partial charge in [0.05, 0.1) is 11.6 Å². The molecule has 27 heavy (non-hydrogen) atoms. The smallest absolute Gasteiger partial charge is 0.295 e. The minimum absolute atomic E-state index is 0.107. The fourth-order valence-corrected chi connectivity index (χ4v) is 3.74. The molecule has 0 unspecified atom stereocenters. The molecule has 0 aromatic heterocycles. The standard InChI is InChI=1S/C21H21ClN2O2S/c1-13(2)16-9-7-15(8-10-16)11-19-20(25)24(21(26)27-19)12-23-18-6-4-5-17(22)14(18)3/h4-11,13,23H,12H2,1-3H3/b19-11-. The van der Waals surface area contributed by atoms with Crippen molar-refractivity contribution in [3.8, 4) is 0 Å². The van der Waals surface area contributed by atoms with E-state index in [1.54, 1.807) is 12.1 Å². The molecule has 0 spiro atoms. The molecule has 2 aromatic carbocycles. The Bertz CT molecular complexity index is 907. The number of amides is 2. The molecule has 2 amide bonds. The van der Waals surface area contributed by atoms with Crippen LogP contribution in [-0.2, 0) is 4.79 Å². The number of imide groups is 1. The van der Waals surface area contributed by atoms with Gasteiger partial charge in [-0.2, -0.15) is 0 Å². The number of rotatable bonds is 5. The normalized spacial score (nSPS) is 15.9. The van der Waals surface area contributed by atoms with E-state index in [-0.39, 0.29) is 17.8 Å². The summed E-state index contributed by atoms with van der Waals surface area (Å²) in [4.78, 5) is 26.5. The molecule has 0 radical (unpaired) electrons. The number of benzene rings is 2. The van der Waals surface area contributed by atoms with E-state index in [0.717, 1.165) is 28.6 Å². The third-order valence-electron chi connectivity index (χ3n) is 4.47. The molecular formula is C21H21ClN2O2S. The molecule has 0 saturated carbocycles. The average molecular weight is 401 g/mol. The first kappa shape index (κ1) is 19.5. The van der Waals surface area contributed by atoms with Gasteiger partial charge < -0.3 is 5.32 Å². The highest BCUT2D eigenvalue weighted by molar-refractivity contribution is 8.18. The van der Waals surface area contributed by atoms with Gasteiger partial charge in [0.15, 0.2) is 0 Å². The maximum atomic E-state index is 12.6. The second kappa shape index (κ2) is 8.19. The van der Waals surface area contributed by atoms with Gasteiger partial charge in [-0.25, -0.2) is 0 Å². The van der Waals surface area contributed by atoms with Gasteiger partial charge in [-0.15, -0.1) is 0 Å². The predicted octanol–water partition coefficient (Wildman–Crippen LogP) is 5.88. The van der Waals surface area contributed by atoms with Crippen molar-refractivity contribution in [3.05, 3.63) is 69.1 Å². The Hall–Kier alpha value is -2.24. The first-order valence-corrected chi connectivity index (χ1v) is 9.90. The lowest BCUT2D eigenvalue weighted by atomic mass is 10.0. The van der Waals surface area contributed by atoms with Crippen molar-refractivity contribution < 1.29 is 9.59 Å². The van der Waals surface area contributed by atoms with Crippen LogP contribution in [0.1, 0.15) is 36.5 Å². The SMILES string of the molecule is Cc1c(Cl)cccc1NCN1C(=O)S/C(=C\c2ccc(C(C)C)cc2)C1=O. The van der Waals surface area contributed by atoms with E-state index >= 15 is 0 Å². The molecule has 2 aromatic rings. The van der Waals surface area contributed by atoms with Gasteiger partial charge in [-0.05, 0) is 59.5 Å². The fraction of sp³-hybridized carbons (Fsp3) is 0.238. The number of nitrogens with one attached hydrogen (secondary N) is 1. The minimum Gasteiger partial charge on any atom is -0.367 e. The van der Waals surface area contributed by atoms with E-state index in [2.05, 4.69) is 19.2 Å². The Labute approximate surface area is 168 Å². The van der Waals surface area contributed by atoms with E-state index in [1.807, 2.05) is 43.3 Å². The van der Waals surface area contributed by atoms with E-state index in [9.17, 15) is 9.59 Å². The van der Waals surface area contributed by atoms with E-state index < -0.39 is 0 Å². The molecule has 6 heteroatoms. The molecule has 4 nitrogen and oxygen atoms in total. The summed E-state index contributed by atoms with van der Waals surface area (Å²) in [5, 5.41) is 3.48.